The summed E-state index contributed by atoms with van der Waals surface area (Å²) in [5.41, 5.74) is 0.821. The highest BCUT2D eigenvalue weighted by atomic mass is 31.2. The topological polar surface area (TPSA) is 67.8 Å². The number of aliphatic hydroxyl groups excluding tert-OH is 1. The molecule has 1 aromatic carbocycles. The van der Waals surface area contributed by atoms with Gasteiger partial charge in [-0.3, -0.25) is 9.88 Å². The molecule has 0 aliphatic carbocycles. The van der Waals surface area contributed by atoms with Gasteiger partial charge < -0.3 is 14.2 Å². The van der Waals surface area contributed by atoms with Crippen molar-refractivity contribution in [3.8, 4) is 0 Å². The van der Waals surface area contributed by atoms with Crippen LogP contribution in [0.2, 0.25) is 0 Å². The molecule has 0 aliphatic heterocycles. The van der Waals surface area contributed by atoms with Crippen LogP contribution in [0.25, 0.3) is 0 Å². The molecule has 1 unspecified atom stereocenters. The molecule has 108 valence electrons. The van der Waals surface area contributed by atoms with Crippen molar-refractivity contribution < 1.29 is 18.7 Å². The molecule has 2 N–H and O–H groups in total. The number of benzene rings is 1. The first kappa shape index (κ1) is 16.3. The molecule has 0 aliphatic rings. The molecule has 1 aromatic rings. The Bertz CT molecular complexity index is 389. The fraction of sp³-hybridized carbons (Fsp3) is 0.538. The molecule has 1 rings (SSSR count). The summed E-state index contributed by atoms with van der Waals surface area (Å²) >= 11 is 0. The summed E-state index contributed by atoms with van der Waals surface area (Å²) in [6.07, 6.45) is 0. The van der Waals surface area contributed by atoms with Gasteiger partial charge in [0, 0.05) is 6.54 Å². The first-order chi connectivity index (χ1) is 9.18. The second kappa shape index (κ2) is 8.46. The van der Waals surface area contributed by atoms with Crippen LogP contribution in [0.3, 0.4) is 0 Å². The Morgan fingerprint density at radius 2 is 1.79 bits per heavy atom. The molecular weight excluding hydrogens is 265 g/mol. The first-order valence-electron chi connectivity index (χ1n) is 6.46. The Kier molecular flexibility index (Phi) is 7.28. The number of hydrogen-bond donors (Lipinski definition) is 2. The van der Waals surface area contributed by atoms with Crippen LogP contribution in [0.4, 0.5) is 0 Å². The van der Waals surface area contributed by atoms with Crippen molar-refractivity contribution in [3.05, 3.63) is 35.9 Å². The van der Waals surface area contributed by atoms with E-state index >= 15 is 0 Å². The van der Waals surface area contributed by atoms with Gasteiger partial charge in [0.05, 0.1) is 19.8 Å². The van der Waals surface area contributed by atoms with E-state index in [0.717, 1.165) is 5.56 Å². The second-order valence-corrected chi connectivity index (χ2v) is 5.98. The lowest BCUT2D eigenvalue weighted by Crippen LogP contribution is -2.26. The van der Waals surface area contributed by atoms with E-state index in [4.69, 9.17) is 14.2 Å². The van der Waals surface area contributed by atoms with Gasteiger partial charge in [-0.05, 0) is 19.4 Å². The van der Waals surface area contributed by atoms with Crippen molar-refractivity contribution >= 4 is 7.60 Å². The van der Waals surface area contributed by atoms with Crippen molar-refractivity contribution in [3.63, 3.8) is 0 Å². The zero-order valence-electron chi connectivity index (χ0n) is 11.4. The van der Waals surface area contributed by atoms with Crippen LogP contribution in [0.1, 0.15) is 25.2 Å². The van der Waals surface area contributed by atoms with Crippen LogP contribution in [-0.4, -0.2) is 31.5 Å². The van der Waals surface area contributed by atoms with Gasteiger partial charge >= 0.3 is 7.60 Å². The molecule has 0 radical (unpaired) electrons. The maximum Gasteiger partial charge on any atom is 0.351 e. The zero-order valence-corrected chi connectivity index (χ0v) is 12.3. The fourth-order valence-corrected chi connectivity index (χ4v) is 3.78. The summed E-state index contributed by atoms with van der Waals surface area (Å²) in [6.45, 7) is 4.45. The Morgan fingerprint density at radius 3 is 2.26 bits per heavy atom. The van der Waals surface area contributed by atoms with Gasteiger partial charge in [-0.25, -0.2) is 0 Å². The molecular formula is C13H22NO4P. The van der Waals surface area contributed by atoms with E-state index in [1.54, 1.807) is 13.8 Å². The maximum atomic E-state index is 12.8. The standard InChI is InChI=1S/C13H22NO4P/c1-3-17-19(16,18-4-2)13(14-10-11-15)12-8-6-5-7-9-12/h5-9,13-15H,3-4,10-11H2,1-2H3. The highest BCUT2D eigenvalue weighted by molar-refractivity contribution is 7.54. The third kappa shape index (κ3) is 4.71. The lowest BCUT2D eigenvalue weighted by molar-refractivity contribution is 0.205. The minimum absolute atomic E-state index is 0.0401. The monoisotopic (exact) mass is 287 g/mol. The van der Waals surface area contributed by atoms with E-state index in [0.29, 0.717) is 19.8 Å². The molecule has 0 fully saturated rings. The fourth-order valence-electron chi connectivity index (χ4n) is 1.80. The molecule has 1 atom stereocenters. The molecule has 0 aromatic heterocycles. The largest absolute Gasteiger partial charge is 0.395 e. The molecule has 6 heteroatoms. The van der Waals surface area contributed by atoms with Gasteiger partial charge in [0.25, 0.3) is 0 Å². The van der Waals surface area contributed by atoms with Crippen LogP contribution in [0, 0.1) is 0 Å². The van der Waals surface area contributed by atoms with Gasteiger partial charge in [-0.15, -0.1) is 0 Å². The third-order valence-corrected chi connectivity index (χ3v) is 4.85. The lowest BCUT2D eigenvalue weighted by atomic mass is 10.2. The summed E-state index contributed by atoms with van der Waals surface area (Å²) in [7, 11) is -3.30. The minimum Gasteiger partial charge on any atom is -0.395 e. The normalized spacial score (nSPS) is 13.4. The van der Waals surface area contributed by atoms with E-state index in [-0.39, 0.29) is 6.61 Å². The minimum atomic E-state index is -3.30. The van der Waals surface area contributed by atoms with Crippen molar-refractivity contribution in [2.45, 2.75) is 19.6 Å². The number of rotatable bonds is 9. The summed E-state index contributed by atoms with van der Waals surface area (Å²) in [6, 6.07) is 9.34. The van der Waals surface area contributed by atoms with Crippen LogP contribution in [-0.2, 0) is 13.6 Å². The van der Waals surface area contributed by atoms with Gasteiger partial charge in [0.2, 0.25) is 0 Å². The predicted molar refractivity (Wildman–Crippen MR) is 75.1 cm³/mol. The van der Waals surface area contributed by atoms with Crippen LogP contribution >= 0.6 is 7.60 Å². The quantitative estimate of drug-likeness (QED) is 0.683. The van der Waals surface area contributed by atoms with E-state index < -0.39 is 13.4 Å². The van der Waals surface area contributed by atoms with Crippen molar-refractivity contribution in [1.82, 2.24) is 5.32 Å². The van der Waals surface area contributed by atoms with Crippen LogP contribution in [0.5, 0.6) is 0 Å². The number of aliphatic hydroxyl groups is 1. The number of hydrogen-bond acceptors (Lipinski definition) is 5. The summed E-state index contributed by atoms with van der Waals surface area (Å²) in [4.78, 5) is 0. The van der Waals surface area contributed by atoms with Crippen LogP contribution < -0.4 is 5.32 Å². The second-order valence-electron chi connectivity index (χ2n) is 3.87. The molecule has 0 amide bonds. The number of nitrogens with one attached hydrogen (secondary N) is 1. The van der Waals surface area contributed by atoms with E-state index in [2.05, 4.69) is 5.32 Å². The first-order valence-corrected chi connectivity index (χ1v) is 8.07. The molecule has 0 saturated heterocycles. The molecule has 0 heterocycles. The van der Waals surface area contributed by atoms with Gasteiger partial charge in [-0.2, -0.15) is 0 Å². The SMILES string of the molecule is CCOP(=O)(OCC)C(NCCO)c1ccccc1. The predicted octanol–water partition coefficient (Wildman–Crippen LogP) is 2.53. The van der Waals surface area contributed by atoms with Gasteiger partial charge in [0.15, 0.2) is 0 Å². The Labute approximate surface area is 114 Å². The Morgan fingerprint density at radius 1 is 1.21 bits per heavy atom. The maximum absolute atomic E-state index is 12.8. The highest BCUT2D eigenvalue weighted by Gasteiger charge is 2.36. The average Bonchev–Trinajstić information content (AvgIpc) is 2.41. The molecule has 0 saturated carbocycles. The van der Waals surface area contributed by atoms with E-state index in [9.17, 15) is 4.57 Å². The molecule has 19 heavy (non-hydrogen) atoms. The summed E-state index contributed by atoms with van der Waals surface area (Å²) in [5, 5.41) is 12.0. The molecule has 0 bridgehead atoms. The average molecular weight is 287 g/mol. The molecule has 0 spiro atoms. The van der Waals surface area contributed by atoms with Gasteiger partial charge in [-0.1, -0.05) is 30.3 Å². The smallest absolute Gasteiger partial charge is 0.351 e. The lowest BCUT2D eigenvalue weighted by Gasteiger charge is -2.27. The van der Waals surface area contributed by atoms with Crippen molar-refractivity contribution in [1.29, 1.82) is 0 Å². The summed E-state index contributed by atoms with van der Waals surface area (Å²) in [5.74, 6) is -0.569. The van der Waals surface area contributed by atoms with E-state index in [1.807, 2.05) is 30.3 Å². The van der Waals surface area contributed by atoms with Gasteiger partial charge in [0.1, 0.15) is 5.78 Å². The Balaban J connectivity index is 3.03. The van der Waals surface area contributed by atoms with E-state index in [1.165, 1.54) is 0 Å². The Hall–Kier alpha value is -0.710. The van der Waals surface area contributed by atoms with Crippen LogP contribution in [0.15, 0.2) is 30.3 Å². The van der Waals surface area contributed by atoms with Crippen molar-refractivity contribution in [2.24, 2.45) is 0 Å². The summed E-state index contributed by atoms with van der Waals surface area (Å²) < 4.78 is 23.6. The van der Waals surface area contributed by atoms with Crippen molar-refractivity contribution in [2.75, 3.05) is 26.4 Å². The third-order valence-electron chi connectivity index (χ3n) is 2.50. The molecule has 5 nitrogen and oxygen atoms in total. The zero-order chi connectivity index (χ0) is 14.1. The highest BCUT2D eigenvalue weighted by Crippen LogP contribution is 2.59.